The van der Waals surface area contributed by atoms with Crippen molar-refractivity contribution in [2.75, 3.05) is 37.7 Å². The lowest BCUT2D eigenvalue weighted by molar-refractivity contribution is 0.356. The van der Waals surface area contributed by atoms with Gasteiger partial charge in [0, 0.05) is 45.0 Å². The van der Waals surface area contributed by atoms with E-state index in [4.69, 9.17) is 4.74 Å². The van der Waals surface area contributed by atoms with Gasteiger partial charge in [0.25, 0.3) is 0 Å². The van der Waals surface area contributed by atoms with Crippen LogP contribution in [0.4, 0.5) is 5.95 Å². The Morgan fingerprint density at radius 1 is 1.11 bits per heavy atom. The van der Waals surface area contributed by atoms with Crippen LogP contribution in [0.15, 0.2) is 35.5 Å². The second kappa shape index (κ2) is 7.44. The smallest absolute Gasteiger partial charge is 0.243 e. The molecule has 0 atom stereocenters. The van der Waals surface area contributed by atoms with Crippen LogP contribution < -0.4 is 9.64 Å². The van der Waals surface area contributed by atoms with Gasteiger partial charge in [-0.2, -0.15) is 4.31 Å². The van der Waals surface area contributed by atoms with Gasteiger partial charge < -0.3 is 9.64 Å². The SMILES string of the molecule is CCCc1cnc(N2CCN(S(=O)(=O)c3ccc4c(c3)CCO4)CC2)nc1. The average molecular weight is 388 g/mol. The third-order valence-corrected chi connectivity index (χ3v) is 6.95. The quantitative estimate of drug-likeness (QED) is 0.778. The molecule has 0 radical (unpaired) electrons. The van der Waals surface area contributed by atoms with E-state index in [0.29, 0.717) is 43.6 Å². The Labute approximate surface area is 160 Å². The highest BCUT2D eigenvalue weighted by Crippen LogP contribution is 2.29. The summed E-state index contributed by atoms with van der Waals surface area (Å²) in [6, 6.07) is 5.15. The molecule has 0 bridgehead atoms. The van der Waals surface area contributed by atoms with Crippen molar-refractivity contribution in [2.45, 2.75) is 31.1 Å². The molecule has 1 fully saturated rings. The van der Waals surface area contributed by atoms with Crippen molar-refractivity contribution in [3.05, 3.63) is 41.7 Å². The first-order chi connectivity index (χ1) is 13.1. The average Bonchev–Trinajstić information content (AvgIpc) is 3.17. The minimum Gasteiger partial charge on any atom is -0.493 e. The van der Waals surface area contributed by atoms with E-state index >= 15 is 0 Å². The maximum Gasteiger partial charge on any atom is 0.243 e. The molecule has 0 saturated carbocycles. The van der Waals surface area contributed by atoms with Crippen LogP contribution in [-0.2, 0) is 22.9 Å². The summed E-state index contributed by atoms with van der Waals surface area (Å²) in [5.74, 6) is 1.46. The molecular weight excluding hydrogens is 364 g/mol. The van der Waals surface area contributed by atoms with Crippen LogP contribution in [0.1, 0.15) is 24.5 Å². The lowest BCUT2D eigenvalue weighted by atomic mass is 10.2. The van der Waals surface area contributed by atoms with Gasteiger partial charge in [-0.15, -0.1) is 0 Å². The summed E-state index contributed by atoms with van der Waals surface area (Å²) in [7, 11) is -3.49. The fourth-order valence-corrected chi connectivity index (χ4v) is 5.00. The number of hydrogen-bond acceptors (Lipinski definition) is 6. The summed E-state index contributed by atoms with van der Waals surface area (Å²) < 4.78 is 33.0. The fourth-order valence-electron chi connectivity index (χ4n) is 3.53. The predicted molar refractivity (Wildman–Crippen MR) is 103 cm³/mol. The number of sulfonamides is 1. The minimum absolute atomic E-state index is 0.348. The molecule has 0 spiro atoms. The number of anilines is 1. The summed E-state index contributed by atoms with van der Waals surface area (Å²) in [4.78, 5) is 11.3. The summed E-state index contributed by atoms with van der Waals surface area (Å²) in [5.41, 5.74) is 2.10. The van der Waals surface area contributed by atoms with E-state index in [1.165, 1.54) is 0 Å². The molecule has 3 heterocycles. The molecule has 0 amide bonds. The molecule has 2 aliphatic heterocycles. The topological polar surface area (TPSA) is 75.6 Å². The number of ether oxygens (including phenoxy) is 1. The first-order valence-electron chi connectivity index (χ1n) is 9.39. The largest absolute Gasteiger partial charge is 0.493 e. The van der Waals surface area contributed by atoms with Crippen molar-refractivity contribution in [2.24, 2.45) is 0 Å². The van der Waals surface area contributed by atoms with E-state index in [2.05, 4.69) is 16.9 Å². The molecule has 144 valence electrons. The van der Waals surface area contributed by atoms with Gasteiger partial charge in [0.2, 0.25) is 16.0 Å². The first kappa shape index (κ1) is 18.2. The van der Waals surface area contributed by atoms with Gasteiger partial charge in [-0.25, -0.2) is 18.4 Å². The Balaban J connectivity index is 1.43. The van der Waals surface area contributed by atoms with Crippen LogP contribution in [0, 0.1) is 0 Å². The molecule has 7 nitrogen and oxygen atoms in total. The summed E-state index contributed by atoms with van der Waals surface area (Å²) >= 11 is 0. The first-order valence-corrected chi connectivity index (χ1v) is 10.8. The highest BCUT2D eigenvalue weighted by atomic mass is 32.2. The number of aryl methyl sites for hydroxylation is 1. The van der Waals surface area contributed by atoms with Crippen molar-refractivity contribution in [3.63, 3.8) is 0 Å². The predicted octanol–water partition coefficient (Wildman–Crippen LogP) is 1.87. The molecule has 2 aromatic rings. The molecule has 0 unspecified atom stereocenters. The standard InChI is InChI=1S/C19H24N4O3S/c1-2-3-15-13-20-19(21-14-15)22-7-9-23(10-8-22)27(24,25)17-4-5-18-16(12-17)6-11-26-18/h4-5,12-14H,2-3,6-11H2,1H3. The third-order valence-electron chi connectivity index (χ3n) is 5.05. The van der Waals surface area contributed by atoms with Crippen molar-refractivity contribution in [1.82, 2.24) is 14.3 Å². The molecular formula is C19H24N4O3S. The maximum absolute atomic E-state index is 13.0. The van der Waals surface area contributed by atoms with Gasteiger partial charge in [-0.3, -0.25) is 0 Å². The lowest BCUT2D eigenvalue weighted by Gasteiger charge is -2.34. The minimum atomic E-state index is -3.49. The van der Waals surface area contributed by atoms with Crippen LogP contribution >= 0.6 is 0 Å². The van der Waals surface area contributed by atoms with Crippen molar-refractivity contribution < 1.29 is 13.2 Å². The number of aromatic nitrogens is 2. The lowest BCUT2D eigenvalue weighted by Crippen LogP contribution is -2.49. The van der Waals surface area contributed by atoms with Crippen molar-refractivity contribution >= 4 is 16.0 Å². The molecule has 2 aliphatic rings. The molecule has 27 heavy (non-hydrogen) atoms. The van der Waals surface area contributed by atoms with Gasteiger partial charge in [-0.05, 0) is 35.7 Å². The number of rotatable bonds is 5. The van der Waals surface area contributed by atoms with Gasteiger partial charge >= 0.3 is 0 Å². The van der Waals surface area contributed by atoms with Gasteiger partial charge in [0.1, 0.15) is 5.75 Å². The normalized spacial score (nSPS) is 17.6. The Morgan fingerprint density at radius 3 is 2.56 bits per heavy atom. The Bertz CT molecular complexity index is 907. The zero-order valence-electron chi connectivity index (χ0n) is 15.5. The number of hydrogen-bond donors (Lipinski definition) is 0. The van der Waals surface area contributed by atoms with Crippen LogP contribution in [0.3, 0.4) is 0 Å². The number of fused-ring (bicyclic) bond motifs is 1. The van der Waals surface area contributed by atoms with E-state index in [1.54, 1.807) is 22.5 Å². The number of piperazine rings is 1. The Kier molecular flexibility index (Phi) is 5.01. The molecule has 1 saturated heterocycles. The van der Waals surface area contributed by atoms with Crippen molar-refractivity contribution in [1.29, 1.82) is 0 Å². The Morgan fingerprint density at radius 2 is 1.85 bits per heavy atom. The zero-order valence-corrected chi connectivity index (χ0v) is 16.3. The number of benzene rings is 1. The third kappa shape index (κ3) is 3.64. The highest BCUT2D eigenvalue weighted by Gasteiger charge is 2.30. The highest BCUT2D eigenvalue weighted by molar-refractivity contribution is 7.89. The monoisotopic (exact) mass is 388 g/mol. The molecule has 8 heteroatoms. The second-order valence-corrected chi connectivity index (χ2v) is 8.84. The molecule has 1 aromatic carbocycles. The number of nitrogens with zero attached hydrogens (tertiary/aromatic N) is 4. The van der Waals surface area contributed by atoms with Gasteiger partial charge in [0.15, 0.2) is 0 Å². The van der Waals surface area contributed by atoms with Crippen molar-refractivity contribution in [3.8, 4) is 5.75 Å². The zero-order chi connectivity index (χ0) is 18.9. The summed E-state index contributed by atoms with van der Waals surface area (Å²) in [5, 5.41) is 0. The van der Waals surface area contributed by atoms with Crippen LogP contribution in [-0.4, -0.2) is 55.5 Å². The van der Waals surface area contributed by atoms with Crippen LogP contribution in [0.5, 0.6) is 5.75 Å². The van der Waals surface area contributed by atoms with Gasteiger partial charge in [0.05, 0.1) is 11.5 Å². The van der Waals surface area contributed by atoms with E-state index in [1.807, 2.05) is 17.3 Å². The van der Waals surface area contributed by atoms with E-state index in [0.717, 1.165) is 36.1 Å². The van der Waals surface area contributed by atoms with Crippen LogP contribution in [0.2, 0.25) is 0 Å². The summed E-state index contributed by atoms with van der Waals surface area (Å²) in [6.07, 6.45) is 6.52. The molecule has 4 rings (SSSR count). The molecule has 0 N–H and O–H groups in total. The van der Waals surface area contributed by atoms with Crippen LogP contribution in [0.25, 0.3) is 0 Å². The van der Waals surface area contributed by atoms with E-state index < -0.39 is 10.0 Å². The van der Waals surface area contributed by atoms with Gasteiger partial charge in [-0.1, -0.05) is 13.3 Å². The Hall–Kier alpha value is -2.19. The molecule has 0 aliphatic carbocycles. The second-order valence-electron chi connectivity index (χ2n) is 6.90. The molecule has 1 aromatic heterocycles. The van der Waals surface area contributed by atoms with E-state index in [-0.39, 0.29) is 0 Å². The van der Waals surface area contributed by atoms with E-state index in [9.17, 15) is 8.42 Å². The maximum atomic E-state index is 13.0. The fraction of sp³-hybridized carbons (Fsp3) is 0.474. The summed E-state index contributed by atoms with van der Waals surface area (Å²) in [6.45, 7) is 4.77.